The molecule has 102 valence electrons. The van der Waals surface area contributed by atoms with Crippen molar-refractivity contribution in [2.24, 2.45) is 0 Å². The lowest BCUT2D eigenvalue weighted by Gasteiger charge is -2.09. The highest BCUT2D eigenvalue weighted by molar-refractivity contribution is 7.87. The van der Waals surface area contributed by atoms with E-state index in [1.807, 2.05) is 12.1 Å². The molecule has 4 nitrogen and oxygen atoms in total. The Morgan fingerprint density at radius 3 is 2.33 bits per heavy atom. The Bertz CT molecular complexity index is 454. The van der Waals surface area contributed by atoms with Crippen LogP contribution >= 0.6 is 0 Å². The molecule has 0 fully saturated rings. The van der Waals surface area contributed by atoms with Crippen LogP contribution in [0.5, 0.6) is 5.75 Å². The minimum atomic E-state index is -3.42. The fourth-order valence-corrected chi connectivity index (χ4v) is 1.91. The molecule has 0 saturated heterocycles. The zero-order chi connectivity index (χ0) is 13.6. The first-order valence-electron chi connectivity index (χ1n) is 6.31. The van der Waals surface area contributed by atoms with E-state index in [4.69, 9.17) is 4.18 Å². The Morgan fingerprint density at radius 2 is 1.83 bits per heavy atom. The van der Waals surface area contributed by atoms with Crippen LogP contribution in [0.2, 0.25) is 0 Å². The van der Waals surface area contributed by atoms with Gasteiger partial charge < -0.3 is 9.50 Å². The molecule has 0 saturated carbocycles. The Balaban J connectivity index is 2.58. The number of rotatable bonds is 7. The van der Waals surface area contributed by atoms with Crippen LogP contribution in [0.3, 0.4) is 0 Å². The Kier molecular flexibility index (Phi) is 5.62. The monoisotopic (exact) mass is 272 g/mol. The molecule has 0 bridgehead atoms. The average molecular weight is 272 g/mol. The van der Waals surface area contributed by atoms with Crippen molar-refractivity contribution in [1.82, 2.24) is 0 Å². The molecule has 0 amide bonds. The van der Waals surface area contributed by atoms with Crippen LogP contribution in [0.15, 0.2) is 24.3 Å². The summed E-state index contributed by atoms with van der Waals surface area (Å²) in [6.07, 6.45) is 1.13. The van der Waals surface area contributed by atoms with E-state index >= 15 is 0 Å². The van der Waals surface area contributed by atoms with E-state index in [-0.39, 0.29) is 5.75 Å². The molecule has 0 aliphatic carbocycles. The number of hydrogen-bond donors (Lipinski definition) is 1. The Labute approximate surface area is 109 Å². The molecule has 18 heavy (non-hydrogen) atoms. The van der Waals surface area contributed by atoms with Gasteiger partial charge in [0.05, 0.1) is 11.8 Å². The maximum atomic E-state index is 11.3. The number of hydrogen-bond acceptors (Lipinski definition) is 3. The first-order valence-corrected chi connectivity index (χ1v) is 7.89. The minimum absolute atomic E-state index is 0.0173. The molecule has 1 atom stereocenters. The van der Waals surface area contributed by atoms with Crippen molar-refractivity contribution in [2.45, 2.75) is 39.8 Å². The number of benzene rings is 1. The molecule has 1 aromatic carbocycles. The summed E-state index contributed by atoms with van der Waals surface area (Å²) in [5.74, 6) is 0.362. The topological polar surface area (TPSA) is 60.0 Å². The molecule has 0 aliphatic heterocycles. The molecule has 1 aromatic rings. The van der Waals surface area contributed by atoms with Gasteiger partial charge >= 0.3 is 10.1 Å². The van der Waals surface area contributed by atoms with Gasteiger partial charge in [-0.1, -0.05) is 6.92 Å². The molecule has 2 N–H and O–H groups in total. The second-order valence-electron chi connectivity index (χ2n) is 4.40. The molecule has 0 aliphatic rings. The van der Waals surface area contributed by atoms with Crippen molar-refractivity contribution in [3.05, 3.63) is 29.8 Å². The van der Waals surface area contributed by atoms with Gasteiger partial charge in [-0.3, -0.25) is 0 Å². The molecule has 0 radical (unpaired) electrons. The van der Waals surface area contributed by atoms with Gasteiger partial charge in [-0.25, -0.2) is 0 Å². The van der Waals surface area contributed by atoms with Gasteiger partial charge in [0.25, 0.3) is 0 Å². The third-order valence-electron chi connectivity index (χ3n) is 2.90. The maximum Gasteiger partial charge on any atom is 0.308 e. The Morgan fingerprint density at radius 1 is 1.22 bits per heavy atom. The van der Waals surface area contributed by atoms with Crippen molar-refractivity contribution in [3.63, 3.8) is 0 Å². The molecule has 0 aromatic heterocycles. The second-order valence-corrected chi connectivity index (χ2v) is 6.26. The second kappa shape index (κ2) is 6.75. The van der Waals surface area contributed by atoms with Crippen molar-refractivity contribution >= 4 is 10.1 Å². The highest BCUT2D eigenvalue weighted by atomic mass is 32.2. The lowest BCUT2D eigenvalue weighted by molar-refractivity contribution is -0.701. The summed E-state index contributed by atoms with van der Waals surface area (Å²) in [6, 6.07) is 7.81. The van der Waals surface area contributed by atoms with Gasteiger partial charge in [0.15, 0.2) is 0 Å². The smallest absolute Gasteiger partial charge is 0.308 e. The fourth-order valence-electron chi connectivity index (χ4n) is 1.39. The van der Waals surface area contributed by atoms with E-state index in [9.17, 15) is 8.42 Å². The summed E-state index contributed by atoms with van der Waals surface area (Å²) < 4.78 is 27.5. The summed E-state index contributed by atoms with van der Waals surface area (Å²) in [5.41, 5.74) is 1.16. The maximum absolute atomic E-state index is 11.3. The third kappa shape index (κ3) is 5.06. The van der Waals surface area contributed by atoms with Crippen LogP contribution < -0.4 is 9.50 Å². The SMILES string of the molecule is CC[C@@H](C)[NH2+]Cc1ccc(OS(=O)(=O)CC)cc1. The lowest BCUT2D eigenvalue weighted by Crippen LogP contribution is -2.87. The predicted molar refractivity (Wildman–Crippen MR) is 71.9 cm³/mol. The molecular formula is C13H22NO3S+. The minimum Gasteiger partial charge on any atom is -0.382 e. The van der Waals surface area contributed by atoms with Crippen molar-refractivity contribution in [1.29, 1.82) is 0 Å². The highest BCUT2D eigenvalue weighted by Crippen LogP contribution is 2.14. The summed E-state index contributed by atoms with van der Waals surface area (Å²) in [6.45, 7) is 6.81. The van der Waals surface area contributed by atoms with E-state index < -0.39 is 10.1 Å². The van der Waals surface area contributed by atoms with Gasteiger partial charge in [0, 0.05) is 5.56 Å². The van der Waals surface area contributed by atoms with Gasteiger partial charge in [-0.15, -0.1) is 0 Å². The van der Waals surface area contributed by atoms with Crippen LogP contribution in [0, 0.1) is 0 Å². The number of quaternary nitrogens is 1. The van der Waals surface area contributed by atoms with Crippen LogP contribution in [-0.4, -0.2) is 20.2 Å². The quantitative estimate of drug-likeness (QED) is 0.761. The van der Waals surface area contributed by atoms with Crippen LogP contribution in [0.25, 0.3) is 0 Å². The van der Waals surface area contributed by atoms with E-state index in [1.165, 1.54) is 0 Å². The van der Waals surface area contributed by atoms with Crippen LogP contribution in [-0.2, 0) is 16.7 Å². The summed E-state index contributed by atoms with van der Waals surface area (Å²) in [5, 5.41) is 2.26. The zero-order valence-corrected chi connectivity index (χ0v) is 12.0. The van der Waals surface area contributed by atoms with Gasteiger partial charge in [0.2, 0.25) is 0 Å². The van der Waals surface area contributed by atoms with Gasteiger partial charge in [-0.2, -0.15) is 8.42 Å². The molecule has 0 heterocycles. The van der Waals surface area contributed by atoms with Crippen molar-refractivity contribution < 1.29 is 17.9 Å². The molecular weight excluding hydrogens is 250 g/mol. The largest absolute Gasteiger partial charge is 0.382 e. The van der Waals surface area contributed by atoms with Crippen molar-refractivity contribution in [3.8, 4) is 5.75 Å². The van der Waals surface area contributed by atoms with E-state index in [0.717, 1.165) is 18.5 Å². The normalized spacial score (nSPS) is 13.3. The van der Waals surface area contributed by atoms with E-state index in [0.29, 0.717) is 11.8 Å². The van der Waals surface area contributed by atoms with E-state index in [2.05, 4.69) is 19.2 Å². The summed E-state index contributed by atoms with van der Waals surface area (Å²) in [7, 11) is -3.42. The van der Waals surface area contributed by atoms with Crippen LogP contribution in [0.1, 0.15) is 32.8 Å². The average Bonchev–Trinajstić information content (AvgIpc) is 2.37. The summed E-state index contributed by atoms with van der Waals surface area (Å²) >= 11 is 0. The Hall–Kier alpha value is -1.07. The summed E-state index contributed by atoms with van der Waals surface area (Å²) in [4.78, 5) is 0. The molecule has 5 heteroatoms. The lowest BCUT2D eigenvalue weighted by atomic mass is 10.2. The molecule has 0 unspecified atom stereocenters. The fraction of sp³-hybridized carbons (Fsp3) is 0.538. The number of nitrogens with two attached hydrogens (primary N) is 1. The molecule has 1 rings (SSSR count). The van der Waals surface area contributed by atoms with Gasteiger partial charge in [-0.05, 0) is 44.5 Å². The van der Waals surface area contributed by atoms with Crippen LogP contribution in [0.4, 0.5) is 0 Å². The standard InChI is InChI=1S/C13H21NO3S/c1-4-11(3)14-10-12-6-8-13(9-7-12)17-18(15,16)5-2/h6-9,11,14H,4-5,10H2,1-3H3/p+1/t11-/m1/s1. The van der Waals surface area contributed by atoms with E-state index in [1.54, 1.807) is 19.1 Å². The molecule has 0 spiro atoms. The highest BCUT2D eigenvalue weighted by Gasteiger charge is 2.09. The third-order valence-corrected chi connectivity index (χ3v) is 4.05. The predicted octanol–water partition coefficient (Wildman–Crippen LogP) is 1.28. The first-order chi connectivity index (χ1) is 8.46. The van der Waals surface area contributed by atoms with Gasteiger partial charge in [0.1, 0.15) is 12.3 Å². The van der Waals surface area contributed by atoms with Crippen molar-refractivity contribution in [2.75, 3.05) is 5.75 Å². The zero-order valence-electron chi connectivity index (χ0n) is 11.2. The first kappa shape index (κ1) is 15.0.